The predicted molar refractivity (Wildman–Crippen MR) is 224 cm³/mol. The lowest BCUT2D eigenvalue weighted by atomic mass is 10.1. The van der Waals surface area contributed by atoms with E-state index in [9.17, 15) is 14.3 Å². The fourth-order valence-corrected chi connectivity index (χ4v) is 5.79. The standard InChI is InChI=1S/C44H78NO7P/c1-6-8-10-12-14-16-18-20-21-22-23-24-26-28-30-32-34-36-39-49-41-43(42-51-53(47,48)50-40-38-45(3,4)5)52-44(46)37-35-33-31-29-27-25-19-17-15-13-11-9-7-2/h8,10-11,13-14,16-17,19-21,23-24,43H,6-7,9,12,15,18,22,25-42H2,1-5H3/p+1/b10-8-,13-11-,16-14-,19-17-,21-20-,24-23-. The van der Waals surface area contributed by atoms with Gasteiger partial charge in [0, 0.05) is 13.0 Å². The van der Waals surface area contributed by atoms with Crippen LogP contribution in [0.5, 0.6) is 0 Å². The monoisotopic (exact) mass is 765 g/mol. The van der Waals surface area contributed by atoms with Crippen LogP contribution in [-0.2, 0) is 27.9 Å². The SMILES string of the molecule is CC/C=C\C/C=C\C/C=C\C/C=C\CCCCCCCOCC(COP(=O)(O)OCC[N+](C)(C)C)OC(=O)CCCCCCC/C=C\C/C=C\CCC. The van der Waals surface area contributed by atoms with E-state index < -0.39 is 13.9 Å². The van der Waals surface area contributed by atoms with Crippen LogP contribution in [0, 0.1) is 0 Å². The van der Waals surface area contributed by atoms with E-state index in [4.69, 9.17) is 18.5 Å². The van der Waals surface area contributed by atoms with Gasteiger partial charge in [-0.05, 0) is 77.0 Å². The maximum Gasteiger partial charge on any atom is 0.472 e. The third kappa shape index (κ3) is 41.0. The number of nitrogens with zero attached hydrogens (tertiary/aromatic N) is 1. The highest BCUT2D eigenvalue weighted by Gasteiger charge is 2.26. The van der Waals surface area contributed by atoms with E-state index in [1.54, 1.807) is 0 Å². The van der Waals surface area contributed by atoms with Crippen LogP contribution in [0.4, 0.5) is 0 Å². The highest BCUT2D eigenvalue weighted by Crippen LogP contribution is 2.43. The second-order valence-corrected chi connectivity index (χ2v) is 16.1. The van der Waals surface area contributed by atoms with Crippen molar-refractivity contribution in [3.05, 3.63) is 72.9 Å². The normalized spacial score (nSPS) is 14.6. The Morgan fingerprint density at radius 2 is 1.09 bits per heavy atom. The van der Waals surface area contributed by atoms with Gasteiger partial charge in [-0.25, -0.2) is 4.57 Å². The molecule has 0 bridgehead atoms. The van der Waals surface area contributed by atoms with E-state index >= 15 is 0 Å². The molecule has 0 amide bonds. The van der Waals surface area contributed by atoms with Gasteiger partial charge in [-0.3, -0.25) is 13.8 Å². The third-order valence-corrected chi connectivity index (χ3v) is 9.22. The molecule has 2 atom stereocenters. The summed E-state index contributed by atoms with van der Waals surface area (Å²) in [6.07, 6.45) is 46.5. The number of esters is 1. The molecule has 8 nitrogen and oxygen atoms in total. The van der Waals surface area contributed by atoms with Crippen molar-refractivity contribution in [2.75, 3.05) is 54.1 Å². The minimum Gasteiger partial charge on any atom is -0.457 e. The number of phosphoric ester groups is 1. The molecule has 0 aromatic rings. The van der Waals surface area contributed by atoms with Gasteiger partial charge in [-0.1, -0.05) is 132 Å². The second kappa shape index (κ2) is 36.9. The molecule has 0 aromatic heterocycles. The minimum atomic E-state index is -4.28. The first-order valence-corrected chi connectivity index (χ1v) is 22.2. The lowest BCUT2D eigenvalue weighted by Crippen LogP contribution is -2.37. The first-order chi connectivity index (χ1) is 25.6. The molecule has 0 aliphatic heterocycles. The molecule has 0 aliphatic rings. The lowest BCUT2D eigenvalue weighted by Gasteiger charge is -2.24. The van der Waals surface area contributed by atoms with Gasteiger partial charge in [-0.2, -0.15) is 0 Å². The summed E-state index contributed by atoms with van der Waals surface area (Å²) in [6, 6.07) is 0. The Hall–Kier alpha value is -2.06. The number of phosphoric acid groups is 1. The zero-order valence-corrected chi connectivity index (χ0v) is 35.4. The largest absolute Gasteiger partial charge is 0.472 e. The molecular weight excluding hydrogens is 685 g/mol. The van der Waals surface area contributed by atoms with Crippen molar-refractivity contribution in [2.45, 2.75) is 148 Å². The Labute approximate surface area is 325 Å². The number of allylic oxidation sites excluding steroid dienone is 12. The van der Waals surface area contributed by atoms with Crippen molar-refractivity contribution in [3.8, 4) is 0 Å². The Kier molecular flexibility index (Phi) is 35.5. The summed E-state index contributed by atoms with van der Waals surface area (Å²) in [5, 5.41) is 0. The smallest absolute Gasteiger partial charge is 0.457 e. The zero-order valence-electron chi connectivity index (χ0n) is 34.5. The number of hydrogen-bond acceptors (Lipinski definition) is 6. The highest BCUT2D eigenvalue weighted by atomic mass is 31.2. The molecule has 1 N–H and O–H groups in total. The number of likely N-dealkylation sites (N-methyl/N-ethyl adjacent to an activating group) is 1. The lowest BCUT2D eigenvalue weighted by molar-refractivity contribution is -0.870. The minimum absolute atomic E-state index is 0.0777. The number of carbonyl (C=O) groups is 1. The van der Waals surface area contributed by atoms with Gasteiger partial charge in [0.1, 0.15) is 19.3 Å². The third-order valence-electron chi connectivity index (χ3n) is 8.23. The molecule has 0 aromatic carbocycles. The van der Waals surface area contributed by atoms with Gasteiger partial charge in [0.25, 0.3) is 0 Å². The van der Waals surface area contributed by atoms with E-state index in [1.807, 2.05) is 21.1 Å². The Morgan fingerprint density at radius 3 is 1.64 bits per heavy atom. The molecule has 9 heteroatoms. The van der Waals surface area contributed by atoms with Crippen LogP contribution in [0.15, 0.2) is 72.9 Å². The van der Waals surface area contributed by atoms with Gasteiger partial charge in [0.05, 0.1) is 34.4 Å². The van der Waals surface area contributed by atoms with E-state index in [-0.39, 0.29) is 25.8 Å². The summed E-state index contributed by atoms with van der Waals surface area (Å²) in [7, 11) is 1.63. The molecular formula is C44H79NO7P+. The molecule has 0 aliphatic carbocycles. The summed E-state index contributed by atoms with van der Waals surface area (Å²) in [5.41, 5.74) is 0. The molecule has 0 rings (SSSR count). The second-order valence-electron chi connectivity index (χ2n) is 14.6. The summed E-state index contributed by atoms with van der Waals surface area (Å²) in [4.78, 5) is 22.8. The molecule has 2 unspecified atom stereocenters. The molecule has 0 heterocycles. The highest BCUT2D eigenvalue weighted by molar-refractivity contribution is 7.47. The van der Waals surface area contributed by atoms with Crippen molar-refractivity contribution in [1.82, 2.24) is 0 Å². The van der Waals surface area contributed by atoms with Crippen LogP contribution in [0.25, 0.3) is 0 Å². The summed E-state index contributed by atoms with van der Waals surface area (Å²) in [5.74, 6) is -0.340. The number of rotatable bonds is 37. The summed E-state index contributed by atoms with van der Waals surface area (Å²) in [6.45, 7) is 5.35. The molecule has 53 heavy (non-hydrogen) atoms. The van der Waals surface area contributed by atoms with Crippen molar-refractivity contribution >= 4 is 13.8 Å². The van der Waals surface area contributed by atoms with Crippen molar-refractivity contribution in [1.29, 1.82) is 0 Å². The Morgan fingerprint density at radius 1 is 0.604 bits per heavy atom. The number of quaternary nitrogens is 1. The van der Waals surface area contributed by atoms with E-state index in [1.165, 1.54) is 19.3 Å². The number of unbranched alkanes of at least 4 members (excludes halogenated alkanes) is 11. The van der Waals surface area contributed by atoms with Crippen LogP contribution in [-0.4, -0.2) is 75.6 Å². The van der Waals surface area contributed by atoms with Crippen molar-refractivity contribution in [2.24, 2.45) is 0 Å². The molecule has 0 saturated heterocycles. The Bertz CT molecular complexity index is 1070. The number of ether oxygens (including phenoxy) is 2. The molecule has 0 saturated carbocycles. The first kappa shape index (κ1) is 50.9. The van der Waals surface area contributed by atoms with Crippen LogP contribution >= 0.6 is 7.82 Å². The van der Waals surface area contributed by atoms with E-state index in [0.29, 0.717) is 24.1 Å². The van der Waals surface area contributed by atoms with Crippen LogP contribution in [0.1, 0.15) is 142 Å². The summed E-state index contributed by atoms with van der Waals surface area (Å²) < 4.78 is 34.9. The zero-order chi connectivity index (χ0) is 39.1. The first-order valence-electron chi connectivity index (χ1n) is 20.7. The van der Waals surface area contributed by atoms with Gasteiger partial charge in [-0.15, -0.1) is 0 Å². The molecule has 0 fully saturated rings. The van der Waals surface area contributed by atoms with E-state index in [0.717, 1.165) is 103 Å². The summed E-state index contributed by atoms with van der Waals surface area (Å²) >= 11 is 0. The molecule has 0 radical (unpaired) electrons. The predicted octanol–water partition coefficient (Wildman–Crippen LogP) is 11.9. The quantitative estimate of drug-likeness (QED) is 0.0221. The van der Waals surface area contributed by atoms with Crippen LogP contribution < -0.4 is 0 Å². The average Bonchev–Trinajstić information content (AvgIpc) is 3.11. The maximum atomic E-state index is 12.6. The number of carbonyl (C=O) groups excluding carboxylic acids is 1. The topological polar surface area (TPSA) is 91.3 Å². The van der Waals surface area contributed by atoms with Crippen molar-refractivity contribution < 1.29 is 37.3 Å². The maximum absolute atomic E-state index is 12.6. The fourth-order valence-electron chi connectivity index (χ4n) is 5.05. The number of hydrogen-bond donors (Lipinski definition) is 1. The van der Waals surface area contributed by atoms with Crippen LogP contribution in [0.3, 0.4) is 0 Å². The van der Waals surface area contributed by atoms with Gasteiger partial charge in [0.15, 0.2) is 0 Å². The van der Waals surface area contributed by atoms with E-state index in [2.05, 4.69) is 86.8 Å². The Balaban J connectivity index is 4.33. The van der Waals surface area contributed by atoms with Crippen molar-refractivity contribution in [3.63, 3.8) is 0 Å². The van der Waals surface area contributed by atoms with Gasteiger partial charge in [0.2, 0.25) is 0 Å². The van der Waals surface area contributed by atoms with Crippen LogP contribution in [0.2, 0.25) is 0 Å². The molecule has 0 spiro atoms. The average molecular weight is 765 g/mol. The molecule has 306 valence electrons. The van der Waals surface area contributed by atoms with Gasteiger partial charge < -0.3 is 18.9 Å². The van der Waals surface area contributed by atoms with Gasteiger partial charge >= 0.3 is 13.8 Å². The fraction of sp³-hybridized carbons (Fsp3) is 0.705.